The zero-order valence-corrected chi connectivity index (χ0v) is 12.1. The Morgan fingerprint density at radius 1 is 1.37 bits per heavy atom. The van der Waals surface area contributed by atoms with Crippen LogP contribution in [-0.2, 0) is 23.9 Å². The van der Waals surface area contributed by atoms with Crippen LogP contribution >= 0.6 is 0 Å². The molecule has 1 rings (SSSR count). The lowest BCUT2D eigenvalue weighted by Gasteiger charge is -2.27. The van der Waals surface area contributed by atoms with Gasteiger partial charge in [0.2, 0.25) is 5.91 Å². The highest BCUT2D eigenvalue weighted by molar-refractivity contribution is 5.90. The maximum absolute atomic E-state index is 11.9. The number of likely N-dealkylation sites (tertiary alicyclic amines) is 1. The number of methoxy groups -OCH3 is 1. The molecule has 1 amide bonds. The Morgan fingerprint density at radius 2 is 1.95 bits per heavy atom. The zero-order chi connectivity index (χ0) is 14.8. The maximum atomic E-state index is 11.9. The Labute approximate surface area is 113 Å². The minimum atomic E-state index is -0.693. The van der Waals surface area contributed by atoms with Crippen LogP contribution in [0.5, 0.6) is 0 Å². The molecule has 1 saturated heterocycles. The maximum Gasteiger partial charge on any atom is 0.329 e. The van der Waals surface area contributed by atoms with Crippen molar-refractivity contribution in [2.45, 2.75) is 45.8 Å². The summed E-state index contributed by atoms with van der Waals surface area (Å²) in [6, 6.07) is -0.693. The van der Waals surface area contributed by atoms with Gasteiger partial charge < -0.3 is 14.4 Å². The minimum Gasteiger partial charge on any atom is -0.469 e. The second kappa shape index (κ2) is 5.59. The van der Waals surface area contributed by atoms with Gasteiger partial charge >= 0.3 is 11.9 Å². The summed E-state index contributed by atoms with van der Waals surface area (Å²) in [5.74, 6) is -1.62. The zero-order valence-electron chi connectivity index (χ0n) is 12.1. The molecule has 0 saturated carbocycles. The molecule has 19 heavy (non-hydrogen) atoms. The molecular formula is C13H21NO5. The van der Waals surface area contributed by atoms with Crippen LogP contribution in [0.2, 0.25) is 0 Å². The van der Waals surface area contributed by atoms with Gasteiger partial charge in [0, 0.05) is 13.0 Å². The third-order valence-corrected chi connectivity index (χ3v) is 2.91. The van der Waals surface area contributed by atoms with Crippen molar-refractivity contribution in [3.8, 4) is 0 Å². The molecule has 0 radical (unpaired) electrons. The fourth-order valence-electron chi connectivity index (χ4n) is 1.94. The third-order valence-electron chi connectivity index (χ3n) is 2.91. The van der Waals surface area contributed by atoms with Gasteiger partial charge in [0.05, 0.1) is 13.0 Å². The number of nitrogens with zero attached hydrogens (tertiary/aromatic N) is 1. The minimum absolute atomic E-state index is 0.0831. The second-order valence-corrected chi connectivity index (χ2v) is 5.68. The van der Waals surface area contributed by atoms with E-state index in [0.29, 0.717) is 0 Å². The van der Waals surface area contributed by atoms with Gasteiger partial charge in [0.25, 0.3) is 0 Å². The fourth-order valence-corrected chi connectivity index (χ4v) is 1.94. The summed E-state index contributed by atoms with van der Waals surface area (Å²) in [4.78, 5) is 36.5. The molecule has 1 heterocycles. The molecule has 0 aromatic carbocycles. The highest BCUT2D eigenvalue weighted by Crippen LogP contribution is 2.22. The first-order chi connectivity index (χ1) is 8.65. The van der Waals surface area contributed by atoms with E-state index in [0.717, 1.165) is 0 Å². The van der Waals surface area contributed by atoms with Crippen molar-refractivity contribution in [2.24, 2.45) is 5.92 Å². The highest BCUT2D eigenvalue weighted by Gasteiger charge is 2.40. The number of esters is 2. The summed E-state index contributed by atoms with van der Waals surface area (Å²) in [7, 11) is 1.28. The quantitative estimate of drug-likeness (QED) is 0.708. The molecule has 6 nitrogen and oxygen atoms in total. The van der Waals surface area contributed by atoms with Crippen molar-refractivity contribution in [1.82, 2.24) is 4.90 Å². The lowest BCUT2D eigenvalue weighted by Crippen LogP contribution is -2.43. The van der Waals surface area contributed by atoms with Crippen LogP contribution in [0.25, 0.3) is 0 Å². The van der Waals surface area contributed by atoms with Crippen LogP contribution in [0, 0.1) is 5.92 Å². The summed E-state index contributed by atoms with van der Waals surface area (Å²) in [5, 5.41) is 0. The van der Waals surface area contributed by atoms with E-state index in [-0.39, 0.29) is 18.9 Å². The monoisotopic (exact) mass is 271 g/mol. The Balaban J connectivity index is 2.68. The summed E-state index contributed by atoms with van der Waals surface area (Å²) in [6.07, 6.45) is 0.0831. The van der Waals surface area contributed by atoms with Gasteiger partial charge in [-0.2, -0.15) is 0 Å². The predicted octanol–water partition coefficient (Wildman–Crippen LogP) is 0.738. The third kappa shape index (κ3) is 3.94. The van der Waals surface area contributed by atoms with Crippen molar-refractivity contribution >= 4 is 17.8 Å². The molecule has 0 aromatic heterocycles. The van der Waals surface area contributed by atoms with Gasteiger partial charge in [-0.25, -0.2) is 4.79 Å². The summed E-state index contributed by atoms with van der Waals surface area (Å²) < 4.78 is 9.85. The van der Waals surface area contributed by atoms with Crippen LogP contribution in [-0.4, -0.2) is 48.0 Å². The SMILES string of the molecule is COC(=O)C1CC(=O)N([C@@H](C)C(=O)OC(C)(C)C)C1. The van der Waals surface area contributed by atoms with Crippen LogP contribution in [0.1, 0.15) is 34.1 Å². The highest BCUT2D eigenvalue weighted by atomic mass is 16.6. The molecule has 6 heteroatoms. The van der Waals surface area contributed by atoms with E-state index in [1.165, 1.54) is 12.0 Å². The first-order valence-electron chi connectivity index (χ1n) is 6.26. The number of ether oxygens (including phenoxy) is 2. The van der Waals surface area contributed by atoms with Crippen LogP contribution in [0.3, 0.4) is 0 Å². The van der Waals surface area contributed by atoms with Gasteiger partial charge in [-0.3, -0.25) is 9.59 Å². The number of rotatable bonds is 3. The van der Waals surface area contributed by atoms with Crippen molar-refractivity contribution in [3.05, 3.63) is 0 Å². The molecule has 1 aliphatic heterocycles. The number of carbonyl (C=O) groups is 3. The molecule has 108 valence electrons. The van der Waals surface area contributed by atoms with Crippen molar-refractivity contribution in [1.29, 1.82) is 0 Å². The Morgan fingerprint density at radius 3 is 2.42 bits per heavy atom. The first kappa shape index (κ1) is 15.5. The van der Waals surface area contributed by atoms with Gasteiger partial charge in [-0.05, 0) is 27.7 Å². The standard InChI is InChI=1S/C13H21NO5/c1-8(11(16)19-13(2,3)4)14-7-9(6-10(14)15)12(17)18-5/h8-9H,6-7H2,1-5H3/t8-,9?/m0/s1. The molecule has 0 bridgehead atoms. The van der Waals surface area contributed by atoms with E-state index in [4.69, 9.17) is 4.74 Å². The van der Waals surface area contributed by atoms with E-state index < -0.39 is 29.5 Å². The van der Waals surface area contributed by atoms with E-state index in [9.17, 15) is 14.4 Å². The molecule has 0 spiro atoms. The first-order valence-corrected chi connectivity index (χ1v) is 6.26. The Bertz CT molecular complexity index is 385. The number of amides is 1. The number of carbonyl (C=O) groups excluding carboxylic acids is 3. The smallest absolute Gasteiger partial charge is 0.329 e. The molecule has 2 atom stereocenters. The molecule has 1 fully saturated rings. The molecule has 0 aliphatic carbocycles. The lowest BCUT2D eigenvalue weighted by atomic mass is 10.1. The largest absolute Gasteiger partial charge is 0.469 e. The number of hydrogen-bond acceptors (Lipinski definition) is 5. The van der Waals surface area contributed by atoms with E-state index in [1.807, 2.05) is 0 Å². The van der Waals surface area contributed by atoms with E-state index in [2.05, 4.69) is 4.74 Å². The topological polar surface area (TPSA) is 72.9 Å². The van der Waals surface area contributed by atoms with Crippen LogP contribution < -0.4 is 0 Å². The van der Waals surface area contributed by atoms with Crippen molar-refractivity contribution in [3.63, 3.8) is 0 Å². The van der Waals surface area contributed by atoms with Crippen molar-refractivity contribution < 1.29 is 23.9 Å². The predicted molar refractivity (Wildman–Crippen MR) is 67.1 cm³/mol. The van der Waals surface area contributed by atoms with Gasteiger partial charge in [0.15, 0.2) is 0 Å². The average Bonchev–Trinajstić information content (AvgIpc) is 2.67. The van der Waals surface area contributed by atoms with Crippen molar-refractivity contribution in [2.75, 3.05) is 13.7 Å². The molecule has 1 unspecified atom stereocenters. The molecular weight excluding hydrogens is 250 g/mol. The molecule has 0 N–H and O–H groups in total. The van der Waals surface area contributed by atoms with Gasteiger partial charge in [-0.1, -0.05) is 0 Å². The normalized spacial score (nSPS) is 21.2. The van der Waals surface area contributed by atoms with Gasteiger partial charge in [0.1, 0.15) is 11.6 Å². The lowest BCUT2D eigenvalue weighted by molar-refractivity contribution is -0.163. The summed E-state index contributed by atoms with van der Waals surface area (Å²) in [5.41, 5.74) is -0.601. The molecule has 0 aromatic rings. The van der Waals surface area contributed by atoms with Crippen LogP contribution in [0.15, 0.2) is 0 Å². The van der Waals surface area contributed by atoms with Crippen LogP contribution in [0.4, 0.5) is 0 Å². The Hall–Kier alpha value is -1.59. The Kier molecular flexibility index (Phi) is 4.55. The van der Waals surface area contributed by atoms with E-state index >= 15 is 0 Å². The van der Waals surface area contributed by atoms with E-state index in [1.54, 1.807) is 27.7 Å². The fraction of sp³-hybridized carbons (Fsp3) is 0.769. The second-order valence-electron chi connectivity index (χ2n) is 5.68. The van der Waals surface area contributed by atoms with Gasteiger partial charge in [-0.15, -0.1) is 0 Å². The molecule has 1 aliphatic rings. The summed E-state index contributed by atoms with van der Waals surface area (Å²) in [6.45, 7) is 7.10. The summed E-state index contributed by atoms with van der Waals surface area (Å²) >= 11 is 0. The average molecular weight is 271 g/mol. The number of hydrogen-bond donors (Lipinski definition) is 0.